The highest BCUT2D eigenvalue weighted by Crippen LogP contribution is 2.40. The minimum Gasteiger partial charge on any atom is -0.398 e. The minimum absolute atomic E-state index is 0.159. The number of para-hydroxylation sites is 1. The van der Waals surface area contributed by atoms with Gasteiger partial charge in [0.25, 0.3) is 0 Å². The molecule has 64 valence electrons. The summed E-state index contributed by atoms with van der Waals surface area (Å²) in [5.74, 6) is 0.676. The monoisotopic (exact) mass is 162 g/mol. The van der Waals surface area contributed by atoms with Gasteiger partial charge >= 0.3 is 0 Å². The number of hydrogen-bond donors (Lipinski definition) is 2. The van der Waals surface area contributed by atoms with Crippen molar-refractivity contribution in [2.45, 2.75) is 18.9 Å². The van der Waals surface area contributed by atoms with Crippen LogP contribution in [-0.2, 0) is 0 Å². The Labute approximate surface area is 72.6 Å². The fourth-order valence-corrected chi connectivity index (χ4v) is 1.52. The molecule has 0 aliphatic heterocycles. The summed E-state index contributed by atoms with van der Waals surface area (Å²) in [6, 6.07) is 8.04. The molecule has 4 N–H and O–H groups in total. The summed E-state index contributed by atoms with van der Waals surface area (Å²) in [4.78, 5) is 0. The van der Waals surface area contributed by atoms with Crippen molar-refractivity contribution >= 4 is 5.69 Å². The van der Waals surface area contributed by atoms with E-state index in [1.54, 1.807) is 0 Å². The zero-order chi connectivity index (χ0) is 8.55. The normalized spacial score (nSPS) is 19.1. The lowest BCUT2D eigenvalue weighted by atomic mass is 10.0. The Morgan fingerprint density at radius 2 is 1.92 bits per heavy atom. The van der Waals surface area contributed by atoms with Crippen LogP contribution in [0.1, 0.15) is 24.4 Å². The van der Waals surface area contributed by atoms with Gasteiger partial charge in [0.05, 0.1) is 0 Å². The van der Waals surface area contributed by atoms with E-state index < -0.39 is 0 Å². The molecule has 1 aliphatic rings. The van der Waals surface area contributed by atoms with Crippen LogP contribution in [0, 0.1) is 5.92 Å². The molecular formula is C10H14N2. The van der Waals surface area contributed by atoms with E-state index >= 15 is 0 Å². The van der Waals surface area contributed by atoms with Gasteiger partial charge in [-0.1, -0.05) is 18.2 Å². The fraction of sp³-hybridized carbons (Fsp3) is 0.400. The maximum atomic E-state index is 6.02. The van der Waals surface area contributed by atoms with Gasteiger partial charge in [0.15, 0.2) is 0 Å². The molecule has 1 aromatic carbocycles. The number of nitrogens with two attached hydrogens (primary N) is 2. The molecule has 0 amide bonds. The number of benzene rings is 1. The lowest BCUT2D eigenvalue weighted by Gasteiger charge is -2.12. The van der Waals surface area contributed by atoms with Gasteiger partial charge in [-0.2, -0.15) is 0 Å². The third kappa shape index (κ3) is 1.30. The van der Waals surface area contributed by atoms with Crippen molar-refractivity contribution in [2.75, 3.05) is 5.73 Å². The van der Waals surface area contributed by atoms with Crippen molar-refractivity contribution in [3.63, 3.8) is 0 Å². The van der Waals surface area contributed by atoms with Crippen LogP contribution >= 0.6 is 0 Å². The Morgan fingerprint density at radius 1 is 1.25 bits per heavy atom. The van der Waals surface area contributed by atoms with Gasteiger partial charge in [-0.15, -0.1) is 0 Å². The third-order valence-electron chi connectivity index (χ3n) is 2.49. The van der Waals surface area contributed by atoms with Crippen LogP contribution in [0.15, 0.2) is 24.3 Å². The van der Waals surface area contributed by atoms with Crippen molar-refractivity contribution < 1.29 is 0 Å². The van der Waals surface area contributed by atoms with E-state index in [4.69, 9.17) is 11.5 Å². The smallest absolute Gasteiger partial charge is 0.0362 e. The zero-order valence-electron chi connectivity index (χ0n) is 7.03. The first-order valence-electron chi connectivity index (χ1n) is 4.39. The summed E-state index contributed by atoms with van der Waals surface area (Å²) >= 11 is 0. The molecule has 0 aromatic heterocycles. The van der Waals surface area contributed by atoms with Crippen molar-refractivity contribution in [1.29, 1.82) is 0 Å². The van der Waals surface area contributed by atoms with Gasteiger partial charge in [-0.05, 0) is 30.4 Å². The summed E-state index contributed by atoms with van der Waals surface area (Å²) in [6.45, 7) is 0. The maximum Gasteiger partial charge on any atom is 0.0362 e. The van der Waals surface area contributed by atoms with E-state index in [1.165, 1.54) is 12.8 Å². The highest BCUT2D eigenvalue weighted by Gasteiger charge is 2.30. The Balaban J connectivity index is 2.25. The van der Waals surface area contributed by atoms with Gasteiger partial charge in [0.1, 0.15) is 0 Å². The summed E-state index contributed by atoms with van der Waals surface area (Å²) in [5.41, 5.74) is 13.8. The first-order valence-corrected chi connectivity index (χ1v) is 4.39. The highest BCUT2D eigenvalue weighted by molar-refractivity contribution is 5.48. The van der Waals surface area contributed by atoms with E-state index in [-0.39, 0.29) is 6.04 Å². The summed E-state index contributed by atoms with van der Waals surface area (Å²) in [5, 5.41) is 0. The van der Waals surface area contributed by atoms with E-state index in [9.17, 15) is 0 Å². The van der Waals surface area contributed by atoms with Gasteiger partial charge < -0.3 is 11.5 Å². The molecule has 1 atom stereocenters. The Hall–Kier alpha value is -1.02. The summed E-state index contributed by atoms with van der Waals surface area (Å²) < 4.78 is 0. The molecule has 0 spiro atoms. The van der Waals surface area contributed by atoms with Gasteiger partial charge in [-0.25, -0.2) is 0 Å². The van der Waals surface area contributed by atoms with Gasteiger partial charge in [-0.3, -0.25) is 0 Å². The van der Waals surface area contributed by atoms with Crippen LogP contribution in [0.5, 0.6) is 0 Å². The molecule has 0 unspecified atom stereocenters. The van der Waals surface area contributed by atoms with E-state index in [1.807, 2.05) is 24.3 Å². The molecule has 2 rings (SSSR count). The molecule has 1 saturated carbocycles. The fourth-order valence-electron chi connectivity index (χ4n) is 1.52. The molecule has 2 nitrogen and oxygen atoms in total. The average molecular weight is 162 g/mol. The van der Waals surface area contributed by atoms with Crippen LogP contribution in [0.4, 0.5) is 5.69 Å². The molecule has 0 bridgehead atoms. The molecule has 0 saturated heterocycles. The molecule has 1 aliphatic carbocycles. The minimum atomic E-state index is 0.159. The predicted octanol–water partition coefficient (Wildman–Crippen LogP) is 1.68. The average Bonchev–Trinajstić information content (AvgIpc) is 2.86. The maximum absolute atomic E-state index is 6.02. The van der Waals surface area contributed by atoms with Crippen molar-refractivity contribution in [1.82, 2.24) is 0 Å². The predicted molar refractivity (Wildman–Crippen MR) is 50.5 cm³/mol. The number of rotatable bonds is 2. The van der Waals surface area contributed by atoms with Crippen LogP contribution < -0.4 is 11.5 Å². The third-order valence-corrected chi connectivity index (χ3v) is 2.49. The second-order valence-electron chi connectivity index (χ2n) is 3.49. The molecule has 2 heteroatoms. The molecule has 0 radical (unpaired) electrons. The molecule has 0 heterocycles. The van der Waals surface area contributed by atoms with Crippen LogP contribution in [0.25, 0.3) is 0 Å². The second-order valence-corrected chi connectivity index (χ2v) is 3.49. The van der Waals surface area contributed by atoms with Crippen LogP contribution in [0.2, 0.25) is 0 Å². The first-order chi connectivity index (χ1) is 5.79. The Kier molecular flexibility index (Phi) is 1.77. The molecule has 12 heavy (non-hydrogen) atoms. The highest BCUT2D eigenvalue weighted by atomic mass is 14.7. The van der Waals surface area contributed by atoms with Gasteiger partial charge in [0, 0.05) is 11.7 Å². The van der Waals surface area contributed by atoms with Gasteiger partial charge in [0.2, 0.25) is 0 Å². The number of nitrogen functional groups attached to an aromatic ring is 1. The Bertz CT molecular complexity index is 279. The van der Waals surface area contributed by atoms with E-state index in [0.717, 1.165) is 11.3 Å². The zero-order valence-corrected chi connectivity index (χ0v) is 7.03. The quantitative estimate of drug-likeness (QED) is 0.650. The van der Waals surface area contributed by atoms with Crippen molar-refractivity contribution in [3.05, 3.63) is 29.8 Å². The van der Waals surface area contributed by atoms with Crippen LogP contribution in [0.3, 0.4) is 0 Å². The van der Waals surface area contributed by atoms with Crippen molar-refractivity contribution in [3.8, 4) is 0 Å². The lowest BCUT2D eigenvalue weighted by molar-refractivity contribution is 0.635. The summed E-state index contributed by atoms with van der Waals surface area (Å²) in [6.07, 6.45) is 2.52. The Morgan fingerprint density at radius 3 is 2.50 bits per heavy atom. The molecule has 1 aromatic rings. The van der Waals surface area contributed by atoms with E-state index in [0.29, 0.717) is 5.92 Å². The second kappa shape index (κ2) is 2.79. The lowest BCUT2D eigenvalue weighted by Crippen LogP contribution is -2.14. The van der Waals surface area contributed by atoms with E-state index in [2.05, 4.69) is 0 Å². The number of anilines is 1. The first kappa shape index (κ1) is 7.62. The molecular weight excluding hydrogens is 148 g/mol. The topological polar surface area (TPSA) is 52.0 Å². The molecule has 1 fully saturated rings. The standard InChI is InChI=1S/C10H14N2/c11-9-4-2-1-3-8(9)10(12)7-5-6-7/h1-4,7,10H,5-6,11-12H2/t10-/m0/s1. The largest absolute Gasteiger partial charge is 0.398 e. The number of hydrogen-bond acceptors (Lipinski definition) is 2. The van der Waals surface area contributed by atoms with Crippen molar-refractivity contribution in [2.24, 2.45) is 11.7 Å². The SMILES string of the molecule is Nc1ccccc1[C@@H](N)C1CC1. The summed E-state index contributed by atoms with van der Waals surface area (Å²) in [7, 11) is 0. The van der Waals surface area contributed by atoms with Crippen LogP contribution in [-0.4, -0.2) is 0 Å².